The molecular weight excluding hydrogens is 198 g/mol. The van der Waals surface area contributed by atoms with E-state index in [1.54, 1.807) is 0 Å². The second-order valence-electron chi connectivity index (χ2n) is 4.96. The molecule has 0 spiro atoms. The third-order valence-corrected chi connectivity index (χ3v) is 3.49. The molecule has 0 bridgehead atoms. The van der Waals surface area contributed by atoms with E-state index < -0.39 is 0 Å². The van der Waals surface area contributed by atoms with E-state index >= 15 is 0 Å². The van der Waals surface area contributed by atoms with Crippen LogP contribution >= 0.6 is 0 Å². The summed E-state index contributed by atoms with van der Waals surface area (Å²) in [5.41, 5.74) is 5.44. The number of hydrogen-bond acceptors (Lipinski definition) is 2. The normalized spacial score (nSPS) is 24.9. The van der Waals surface area contributed by atoms with Gasteiger partial charge in [-0.05, 0) is 44.1 Å². The number of nitrogens with two attached hydrogens (primary N) is 1. The number of ether oxygens (including phenoxy) is 1. The fourth-order valence-corrected chi connectivity index (χ4v) is 2.18. The van der Waals surface area contributed by atoms with Crippen LogP contribution in [0.5, 0.6) is 0 Å². The van der Waals surface area contributed by atoms with Gasteiger partial charge in [0.1, 0.15) is 0 Å². The molecule has 0 radical (unpaired) electrons. The molecule has 1 aliphatic carbocycles. The highest BCUT2D eigenvalue weighted by molar-refractivity contribution is 4.93. The second kappa shape index (κ2) is 8.77. The van der Waals surface area contributed by atoms with Gasteiger partial charge in [-0.2, -0.15) is 0 Å². The van der Waals surface area contributed by atoms with E-state index in [0.717, 1.165) is 38.0 Å². The standard InChI is InChI=1S/C14H27NO/c1-13-8-4-5-9-14(13)12-16-11-7-3-2-6-10-15/h4-5,13-14H,2-3,6-12,15H2,1H3. The minimum absolute atomic E-state index is 0.744. The Morgan fingerprint density at radius 1 is 1.12 bits per heavy atom. The molecule has 2 heteroatoms. The Morgan fingerprint density at radius 2 is 1.88 bits per heavy atom. The maximum absolute atomic E-state index is 5.76. The van der Waals surface area contributed by atoms with Gasteiger partial charge in [-0.1, -0.05) is 31.9 Å². The molecule has 2 nitrogen and oxygen atoms in total. The van der Waals surface area contributed by atoms with Crippen LogP contribution in [0.2, 0.25) is 0 Å². The zero-order chi connectivity index (χ0) is 11.6. The molecule has 16 heavy (non-hydrogen) atoms. The Labute approximate surface area is 100 Å². The molecule has 1 rings (SSSR count). The zero-order valence-electron chi connectivity index (χ0n) is 10.7. The van der Waals surface area contributed by atoms with Crippen LogP contribution in [-0.2, 0) is 4.74 Å². The number of rotatable bonds is 8. The predicted molar refractivity (Wildman–Crippen MR) is 69.4 cm³/mol. The Balaban J connectivity index is 1.92. The minimum atomic E-state index is 0.744. The summed E-state index contributed by atoms with van der Waals surface area (Å²) < 4.78 is 5.76. The van der Waals surface area contributed by atoms with E-state index in [2.05, 4.69) is 19.1 Å². The Morgan fingerprint density at radius 3 is 2.62 bits per heavy atom. The highest BCUT2D eigenvalue weighted by Gasteiger charge is 2.17. The summed E-state index contributed by atoms with van der Waals surface area (Å²) >= 11 is 0. The van der Waals surface area contributed by atoms with Gasteiger partial charge < -0.3 is 10.5 Å². The van der Waals surface area contributed by atoms with Crippen molar-refractivity contribution < 1.29 is 4.74 Å². The molecule has 2 unspecified atom stereocenters. The Bertz CT molecular complexity index is 191. The van der Waals surface area contributed by atoms with Crippen LogP contribution < -0.4 is 5.73 Å². The van der Waals surface area contributed by atoms with Gasteiger partial charge in [-0.15, -0.1) is 0 Å². The van der Waals surface area contributed by atoms with Crippen molar-refractivity contribution in [3.8, 4) is 0 Å². The predicted octanol–water partition coefficient (Wildman–Crippen LogP) is 3.12. The third-order valence-electron chi connectivity index (χ3n) is 3.49. The Hall–Kier alpha value is -0.340. The lowest BCUT2D eigenvalue weighted by Gasteiger charge is -2.24. The van der Waals surface area contributed by atoms with E-state index in [0.29, 0.717) is 0 Å². The van der Waals surface area contributed by atoms with Crippen molar-refractivity contribution in [3.63, 3.8) is 0 Å². The van der Waals surface area contributed by atoms with Crippen molar-refractivity contribution in [2.75, 3.05) is 19.8 Å². The molecule has 0 aromatic heterocycles. The average Bonchev–Trinajstić information content (AvgIpc) is 2.30. The van der Waals surface area contributed by atoms with Crippen LogP contribution in [-0.4, -0.2) is 19.8 Å². The monoisotopic (exact) mass is 225 g/mol. The molecule has 0 saturated heterocycles. The van der Waals surface area contributed by atoms with Crippen LogP contribution in [0, 0.1) is 11.8 Å². The number of hydrogen-bond donors (Lipinski definition) is 1. The van der Waals surface area contributed by atoms with Crippen molar-refractivity contribution in [3.05, 3.63) is 12.2 Å². The third kappa shape index (κ3) is 5.66. The molecule has 1 aliphatic rings. The lowest BCUT2D eigenvalue weighted by Crippen LogP contribution is -2.19. The van der Waals surface area contributed by atoms with E-state index in [4.69, 9.17) is 10.5 Å². The first-order valence-electron chi connectivity index (χ1n) is 6.77. The molecule has 0 aliphatic heterocycles. The molecule has 0 aromatic rings. The summed E-state index contributed by atoms with van der Waals surface area (Å²) in [6.07, 6.45) is 11.9. The van der Waals surface area contributed by atoms with Crippen molar-refractivity contribution >= 4 is 0 Å². The summed E-state index contributed by atoms with van der Waals surface area (Å²) in [5.74, 6) is 1.54. The van der Waals surface area contributed by atoms with Crippen LogP contribution in [0.25, 0.3) is 0 Å². The largest absolute Gasteiger partial charge is 0.381 e. The summed E-state index contributed by atoms with van der Waals surface area (Å²) in [4.78, 5) is 0. The van der Waals surface area contributed by atoms with E-state index in [-0.39, 0.29) is 0 Å². The number of allylic oxidation sites excluding steroid dienone is 2. The molecule has 94 valence electrons. The first-order valence-corrected chi connectivity index (χ1v) is 6.77. The first-order chi connectivity index (χ1) is 7.84. The van der Waals surface area contributed by atoms with Crippen molar-refractivity contribution in [2.45, 2.75) is 45.4 Å². The first kappa shape index (κ1) is 13.7. The van der Waals surface area contributed by atoms with Crippen LogP contribution in [0.4, 0.5) is 0 Å². The van der Waals surface area contributed by atoms with E-state index in [1.165, 1.54) is 32.1 Å². The lowest BCUT2D eigenvalue weighted by molar-refractivity contribution is 0.0765. The minimum Gasteiger partial charge on any atom is -0.381 e. The van der Waals surface area contributed by atoms with Crippen molar-refractivity contribution in [1.82, 2.24) is 0 Å². The second-order valence-corrected chi connectivity index (χ2v) is 4.96. The van der Waals surface area contributed by atoms with Gasteiger partial charge in [0.2, 0.25) is 0 Å². The van der Waals surface area contributed by atoms with Gasteiger partial charge in [-0.3, -0.25) is 0 Å². The lowest BCUT2D eigenvalue weighted by atomic mass is 9.85. The van der Waals surface area contributed by atoms with E-state index in [9.17, 15) is 0 Å². The highest BCUT2D eigenvalue weighted by Crippen LogP contribution is 2.24. The molecule has 0 heterocycles. The van der Waals surface area contributed by atoms with Crippen molar-refractivity contribution in [2.24, 2.45) is 17.6 Å². The van der Waals surface area contributed by atoms with Gasteiger partial charge in [0.25, 0.3) is 0 Å². The van der Waals surface area contributed by atoms with Gasteiger partial charge in [-0.25, -0.2) is 0 Å². The molecule has 0 fully saturated rings. The maximum atomic E-state index is 5.76. The highest BCUT2D eigenvalue weighted by atomic mass is 16.5. The smallest absolute Gasteiger partial charge is 0.0499 e. The molecule has 0 aromatic carbocycles. The summed E-state index contributed by atoms with van der Waals surface area (Å²) in [5, 5.41) is 0. The number of unbranched alkanes of at least 4 members (excludes halogenated alkanes) is 3. The van der Waals surface area contributed by atoms with Gasteiger partial charge in [0.05, 0.1) is 0 Å². The summed E-state index contributed by atoms with van der Waals surface area (Å²) in [6, 6.07) is 0. The van der Waals surface area contributed by atoms with Crippen LogP contribution in [0.3, 0.4) is 0 Å². The Kier molecular flexibility index (Phi) is 7.52. The fraction of sp³-hybridized carbons (Fsp3) is 0.857. The maximum Gasteiger partial charge on any atom is 0.0499 e. The average molecular weight is 225 g/mol. The van der Waals surface area contributed by atoms with E-state index in [1.807, 2.05) is 0 Å². The fourth-order valence-electron chi connectivity index (χ4n) is 2.18. The molecule has 2 atom stereocenters. The van der Waals surface area contributed by atoms with Gasteiger partial charge >= 0.3 is 0 Å². The molecule has 0 amide bonds. The molecule has 0 saturated carbocycles. The summed E-state index contributed by atoms with van der Waals surface area (Å²) in [6.45, 7) is 5.03. The SMILES string of the molecule is CC1CC=CCC1COCCCCCCN. The zero-order valence-corrected chi connectivity index (χ0v) is 10.7. The van der Waals surface area contributed by atoms with Crippen molar-refractivity contribution in [1.29, 1.82) is 0 Å². The molecular formula is C14H27NO. The van der Waals surface area contributed by atoms with Gasteiger partial charge in [0.15, 0.2) is 0 Å². The summed E-state index contributed by atoms with van der Waals surface area (Å²) in [7, 11) is 0. The van der Waals surface area contributed by atoms with Crippen LogP contribution in [0.1, 0.15) is 45.4 Å². The van der Waals surface area contributed by atoms with Gasteiger partial charge in [0, 0.05) is 13.2 Å². The van der Waals surface area contributed by atoms with Crippen LogP contribution in [0.15, 0.2) is 12.2 Å². The topological polar surface area (TPSA) is 35.2 Å². The quantitative estimate of drug-likeness (QED) is 0.509. The molecule has 2 N–H and O–H groups in total.